The molecule has 0 saturated heterocycles. The third-order valence-corrected chi connectivity index (χ3v) is 3.32. The Morgan fingerprint density at radius 3 is 2.48 bits per heavy atom. The van der Waals surface area contributed by atoms with Gasteiger partial charge < -0.3 is 10.5 Å². The molecule has 2 aromatic carbocycles. The number of hydrogen-bond acceptors (Lipinski definition) is 4. The minimum absolute atomic E-state index is 0.00680. The van der Waals surface area contributed by atoms with Gasteiger partial charge in [-0.1, -0.05) is 30.3 Å². The number of ether oxygens (including phenoxy) is 1. The summed E-state index contributed by atoms with van der Waals surface area (Å²) in [5, 5.41) is 0. The van der Waals surface area contributed by atoms with E-state index in [1.165, 1.54) is 24.7 Å². The fourth-order valence-electron chi connectivity index (χ4n) is 2.13. The second-order valence-corrected chi connectivity index (χ2v) is 4.84. The fourth-order valence-corrected chi connectivity index (χ4v) is 2.13. The van der Waals surface area contributed by atoms with Gasteiger partial charge in [-0.05, 0) is 17.7 Å². The van der Waals surface area contributed by atoms with Crippen LogP contribution in [-0.2, 0) is 6.61 Å². The minimum Gasteiger partial charge on any atom is -0.486 e. The van der Waals surface area contributed by atoms with Gasteiger partial charge in [-0.25, -0.2) is 14.4 Å². The summed E-state index contributed by atoms with van der Waals surface area (Å²) in [6.07, 6.45) is 2.58. The van der Waals surface area contributed by atoms with E-state index < -0.39 is 11.6 Å². The summed E-state index contributed by atoms with van der Waals surface area (Å²) in [5.41, 5.74) is 6.76. The van der Waals surface area contributed by atoms with E-state index in [-0.39, 0.29) is 29.3 Å². The summed E-state index contributed by atoms with van der Waals surface area (Å²) in [4.78, 5) is 7.55. The molecule has 1 heterocycles. The number of halogens is 2. The molecule has 0 saturated carbocycles. The molecule has 4 nitrogen and oxygen atoms in total. The highest BCUT2D eigenvalue weighted by molar-refractivity contribution is 5.73. The van der Waals surface area contributed by atoms with Crippen LogP contribution in [0.3, 0.4) is 0 Å². The highest BCUT2D eigenvalue weighted by Crippen LogP contribution is 2.31. The van der Waals surface area contributed by atoms with Crippen LogP contribution in [0.4, 0.5) is 14.6 Å². The van der Waals surface area contributed by atoms with Crippen LogP contribution in [0.15, 0.2) is 55.0 Å². The van der Waals surface area contributed by atoms with E-state index in [1.54, 1.807) is 0 Å². The molecule has 6 heteroatoms. The van der Waals surface area contributed by atoms with Crippen LogP contribution in [0.25, 0.3) is 11.1 Å². The third-order valence-electron chi connectivity index (χ3n) is 3.32. The molecule has 1 aromatic heterocycles. The van der Waals surface area contributed by atoms with Gasteiger partial charge in [-0.15, -0.1) is 0 Å². The predicted octanol–water partition coefficient (Wildman–Crippen LogP) is 3.58. The SMILES string of the molecule is Nc1ncncc1-c1ccc(OCc2ccccc2)c(F)c1F. The maximum absolute atomic E-state index is 14.3. The molecule has 2 N–H and O–H groups in total. The Labute approximate surface area is 131 Å². The molecule has 23 heavy (non-hydrogen) atoms. The molecule has 0 radical (unpaired) electrons. The topological polar surface area (TPSA) is 61.0 Å². The maximum Gasteiger partial charge on any atom is 0.201 e. The van der Waals surface area contributed by atoms with Crippen molar-refractivity contribution in [3.8, 4) is 16.9 Å². The van der Waals surface area contributed by atoms with Crippen molar-refractivity contribution in [1.29, 1.82) is 0 Å². The Kier molecular flexibility index (Phi) is 4.14. The fraction of sp³-hybridized carbons (Fsp3) is 0.0588. The molecule has 0 amide bonds. The van der Waals surface area contributed by atoms with Crippen molar-refractivity contribution in [2.75, 3.05) is 5.73 Å². The molecule has 3 aromatic rings. The zero-order valence-electron chi connectivity index (χ0n) is 12.0. The maximum atomic E-state index is 14.3. The average molecular weight is 313 g/mol. The van der Waals surface area contributed by atoms with Crippen molar-refractivity contribution in [2.45, 2.75) is 6.61 Å². The average Bonchev–Trinajstić information content (AvgIpc) is 2.58. The predicted molar refractivity (Wildman–Crippen MR) is 82.6 cm³/mol. The Balaban J connectivity index is 1.88. The van der Waals surface area contributed by atoms with Crippen molar-refractivity contribution in [2.24, 2.45) is 0 Å². The van der Waals surface area contributed by atoms with Gasteiger partial charge in [0.15, 0.2) is 11.6 Å². The molecule has 0 unspecified atom stereocenters. The zero-order valence-corrected chi connectivity index (χ0v) is 12.0. The number of anilines is 1. The highest BCUT2D eigenvalue weighted by Gasteiger charge is 2.17. The lowest BCUT2D eigenvalue weighted by Crippen LogP contribution is -2.02. The van der Waals surface area contributed by atoms with Gasteiger partial charge in [0, 0.05) is 17.3 Å². The summed E-state index contributed by atoms with van der Waals surface area (Å²) >= 11 is 0. The second kappa shape index (κ2) is 6.39. The van der Waals surface area contributed by atoms with Crippen LogP contribution in [0, 0.1) is 11.6 Å². The smallest absolute Gasteiger partial charge is 0.201 e. The van der Waals surface area contributed by atoms with Crippen molar-refractivity contribution in [1.82, 2.24) is 9.97 Å². The van der Waals surface area contributed by atoms with Crippen molar-refractivity contribution in [3.63, 3.8) is 0 Å². The Hall–Kier alpha value is -3.02. The summed E-state index contributed by atoms with van der Waals surface area (Å²) in [6.45, 7) is 0.146. The van der Waals surface area contributed by atoms with E-state index in [9.17, 15) is 8.78 Å². The number of benzene rings is 2. The number of rotatable bonds is 4. The first-order valence-corrected chi connectivity index (χ1v) is 6.87. The van der Waals surface area contributed by atoms with E-state index >= 15 is 0 Å². The van der Waals surface area contributed by atoms with Gasteiger partial charge in [0.1, 0.15) is 18.8 Å². The Morgan fingerprint density at radius 2 is 1.74 bits per heavy atom. The first-order valence-electron chi connectivity index (χ1n) is 6.87. The van der Waals surface area contributed by atoms with Crippen molar-refractivity contribution >= 4 is 5.82 Å². The van der Waals surface area contributed by atoms with E-state index in [0.29, 0.717) is 0 Å². The molecule has 0 fully saturated rings. The van der Waals surface area contributed by atoms with Crippen LogP contribution in [0.2, 0.25) is 0 Å². The van der Waals surface area contributed by atoms with Crippen LogP contribution in [0.5, 0.6) is 5.75 Å². The molecular weight excluding hydrogens is 300 g/mol. The van der Waals surface area contributed by atoms with Crippen LogP contribution < -0.4 is 10.5 Å². The van der Waals surface area contributed by atoms with Gasteiger partial charge in [0.2, 0.25) is 5.82 Å². The van der Waals surface area contributed by atoms with Gasteiger partial charge in [-0.3, -0.25) is 0 Å². The number of hydrogen-bond donors (Lipinski definition) is 1. The molecule has 0 bridgehead atoms. The van der Waals surface area contributed by atoms with Gasteiger partial charge in [0.25, 0.3) is 0 Å². The van der Waals surface area contributed by atoms with E-state index in [1.807, 2.05) is 30.3 Å². The van der Waals surface area contributed by atoms with Crippen molar-refractivity contribution < 1.29 is 13.5 Å². The molecule has 0 aliphatic heterocycles. The van der Waals surface area contributed by atoms with Crippen LogP contribution in [0.1, 0.15) is 5.56 Å². The van der Waals surface area contributed by atoms with E-state index in [0.717, 1.165) is 5.56 Å². The number of nitrogens with zero attached hydrogens (tertiary/aromatic N) is 2. The molecule has 3 rings (SSSR count). The molecule has 116 valence electrons. The van der Waals surface area contributed by atoms with Crippen LogP contribution >= 0.6 is 0 Å². The summed E-state index contributed by atoms with van der Waals surface area (Å²) in [5.74, 6) is -2.19. The standard InChI is InChI=1S/C17H13F2N3O/c18-15-12(13-8-21-10-22-17(13)20)6-7-14(16(15)19)23-9-11-4-2-1-3-5-11/h1-8,10H,9H2,(H2,20,21,22). The van der Waals surface area contributed by atoms with E-state index in [4.69, 9.17) is 10.5 Å². The van der Waals surface area contributed by atoms with Gasteiger partial charge >= 0.3 is 0 Å². The Bertz CT molecular complexity index is 825. The summed E-state index contributed by atoms with van der Waals surface area (Å²) in [6, 6.07) is 12.0. The lowest BCUT2D eigenvalue weighted by molar-refractivity contribution is 0.285. The zero-order chi connectivity index (χ0) is 16.2. The summed E-state index contributed by atoms with van der Waals surface area (Å²) in [7, 11) is 0. The molecule has 0 aliphatic carbocycles. The molecular formula is C17H13F2N3O. The first-order chi connectivity index (χ1) is 11.2. The molecule has 0 aliphatic rings. The number of nitrogen functional groups attached to an aromatic ring is 1. The molecule has 0 spiro atoms. The lowest BCUT2D eigenvalue weighted by Gasteiger charge is -2.11. The van der Waals surface area contributed by atoms with Gasteiger partial charge in [0.05, 0.1) is 0 Å². The van der Waals surface area contributed by atoms with E-state index in [2.05, 4.69) is 9.97 Å². The van der Waals surface area contributed by atoms with Crippen molar-refractivity contribution in [3.05, 3.63) is 72.2 Å². The Morgan fingerprint density at radius 1 is 0.957 bits per heavy atom. The molecule has 0 atom stereocenters. The summed E-state index contributed by atoms with van der Waals surface area (Å²) < 4.78 is 33.8. The normalized spacial score (nSPS) is 10.5. The first kappa shape index (κ1) is 14.9. The monoisotopic (exact) mass is 313 g/mol. The second-order valence-electron chi connectivity index (χ2n) is 4.84. The quantitative estimate of drug-likeness (QED) is 0.799. The third kappa shape index (κ3) is 3.11. The lowest BCUT2D eigenvalue weighted by atomic mass is 10.1. The highest BCUT2D eigenvalue weighted by atomic mass is 19.2. The number of aromatic nitrogens is 2. The minimum atomic E-state index is -1.07. The van der Waals surface area contributed by atoms with Crippen LogP contribution in [-0.4, -0.2) is 9.97 Å². The number of nitrogens with two attached hydrogens (primary N) is 1. The van der Waals surface area contributed by atoms with Gasteiger partial charge in [-0.2, -0.15) is 4.39 Å². The largest absolute Gasteiger partial charge is 0.486 e.